The highest BCUT2D eigenvalue weighted by molar-refractivity contribution is 4.96. The van der Waals surface area contributed by atoms with Gasteiger partial charge in [0.05, 0.1) is 24.4 Å². The molecule has 0 amide bonds. The average molecular weight is 282 g/mol. The lowest BCUT2D eigenvalue weighted by atomic mass is 9.70. The van der Waals surface area contributed by atoms with Crippen molar-refractivity contribution in [1.82, 2.24) is 0 Å². The highest BCUT2D eigenvalue weighted by Gasteiger charge is 2.46. The smallest absolute Gasteiger partial charge is 0.0674 e. The number of aliphatic hydroxyl groups is 1. The normalized spacial score (nSPS) is 47.0. The summed E-state index contributed by atoms with van der Waals surface area (Å²) in [6.07, 6.45) is 10.6. The molecule has 20 heavy (non-hydrogen) atoms. The summed E-state index contributed by atoms with van der Waals surface area (Å²) in [7, 11) is 1.78. The van der Waals surface area contributed by atoms with E-state index in [4.69, 9.17) is 9.47 Å². The van der Waals surface area contributed by atoms with Crippen molar-refractivity contribution in [2.24, 2.45) is 17.8 Å². The minimum absolute atomic E-state index is 0.163. The molecule has 3 rings (SSSR count). The van der Waals surface area contributed by atoms with Gasteiger partial charge in [0.25, 0.3) is 0 Å². The van der Waals surface area contributed by atoms with Crippen molar-refractivity contribution in [2.45, 2.75) is 82.7 Å². The Hall–Kier alpha value is -0.120. The Morgan fingerprint density at radius 1 is 1.00 bits per heavy atom. The van der Waals surface area contributed by atoms with Gasteiger partial charge in [0.2, 0.25) is 0 Å². The van der Waals surface area contributed by atoms with Crippen LogP contribution in [0.4, 0.5) is 0 Å². The number of aliphatic hydroxyl groups excluding tert-OH is 1. The van der Waals surface area contributed by atoms with Crippen LogP contribution in [0.15, 0.2) is 0 Å². The zero-order chi connectivity index (χ0) is 14.1. The molecule has 116 valence electrons. The summed E-state index contributed by atoms with van der Waals surface area (Å²) < 4.78 is 12.1. The average Bonchev–Trinajstić information content (AvgIpc) is 2.49. The first-order valence-electron chi connectivity index (χ1n) is 8.57. The molecule has 0 aromatic heterocycles. The van der Waals surface area contributed by atoms with Crippen molar-refractivity contribution >= 4 is 0 Å². The first kappa shape index (κ1) is 14.8. The molecule has 2 saturated carbocycles. The fourth-order valence-electron chi connectivity index (χ4n) is 4.85. The van der Waals surface area contributed by atoms with Gasteiger partial charge in [-0.1, -0.05) is 26.2 Å². The van der Waals surface area contributed by atoms with Crippen molar-refractivity contribution in [3.8, 4) is 0 Å². The molecule has 6 atom stereocenters. The second kappa shape index (κ2) is 6.33. The van der Waals surface area contributed by atoms with Gasteiger partial charge < -0.3 is 14.6 Å². The van der Waals surface area contributed by atoms with E-state index in [2.05, 4.69) is 6.92 Å². The predicted octanol–water partition coefficient (Wildman–Crippen LogP) is 3.15. The summed E-state index contributed by atoms with van der Waals surface area (Å²) in [4.78, 5) is 0. The topological polar surface area (TPSA) is 38.7 Å². The summed E-state index contributed by atoms with van der Waals surface area (Å²) in [6, 6.07) is 0. The van der Waals surface area contributed by atoms with E-state index in [0.29, 0.717) is 12.0 Å². The lowest BCUT2D eigenvalue weighted by molar-refractivity contribution is -0.193. The minimum Gasteiger partial charge on any atom is -0.393 e. The van der Waals surface area contributed by atoms with Crippen LogP contribution < -0.4 is 0 Å². The van der Waals surface area contributed by atoms with Crippen LogP contribution in [-0.4, -0.2) is 36.6 Å². The number of fused-ring (bicyclic) bond motifs is 1. The molecule has 0 spiro atoms. The summed E-state index contributed by atoms with van der Waals surface area (Å²) in [5.41, 5.74) is 0. The molecule has 1 saturated heterocycles. The molecular formula is C17H30O3. The second-order valence-electron chi connectivity index (χ2n) is 7.21. The fourth-order valence-corrected chi connectivity index (χ4v) is 4.85. The van der Waals surface area contributed by atoms with Crippen LogP contribution in [0.5, 0.6) is 0 Å². The highest BCUT2D eigenvalue weighted by Crippen LogP contribution is 2.43. The van der Waals surface area contributed by atoms with E-state index in [1.54, 1.807) is 7.11 Å². The van der Waals surface area contributed by atoms with Crippen molar-refractivity contribution in [3.63, 3.8) is 0 Å². The SMILES string of the molecule is COC1C(C)C(O)CC2OC(C3CCCCC3)CCC21. The lowest BCUT2D eigenvalue weighted by Gasteiger charge is -2.49. The maximum absolute atomic E-state index is 10.3. The molecule has 1 heterocycles. The third-order valence-electron chi connectivity index (χ3n) is 6.08. The van der Waals surface area contributed by atoms with Gasteiger partial charge in [-0.3, -0.25) is 0 Å². The molecule has 1 N–H and O–H groups in total. The van der Waals surface area contributed by atoms with E-state index in [9.17, 15) is 5.11 Å². The maximum atomic E-state index is 10.3. The number of hydrogen-bond acceptors (Lipinski definition) is 3. The first-order valence-corrected chi connectivity index (χ1v) is 8.57. The van der Waals surface area contributed by atoms with E-state index in [0.717, 1.165) is 12.3 Å². The summed E-state index contributed by atoms with van der Waals surface area (Å²) >= 11 is 0. The quantitative estimate of drug-likeness (QED) is 0.845. The summed E-state index contributed by atoms with van der Waals surface area (Å²) in [6.45, 7) is 2.11. The monoisotopic (exact) mass is 282 g/mol. The Morgan fingerprint density at radius 2 is 1.75 bits per heavy atom. The minimum atomic E-state index is -0.272. The molecule has 3 nitrogen and oxygen atoms in total. The molecule has 0 radical (unpaired) electrons. The molecule has 6 unspecified atom stereocenters. The fraction of sp³-hybridized carbons (Fsp3) is 1.00. The van der Waals surface area contributed by atoms with E-state index < -0.39 is 0 Å². The molecule has 0 aromatic rings. The third kappa shape index (κ3) is 2.77. The molecule has 3 aliphatic rings. The van der Waals surface area contributed by atoms with Crippen molar-refractivity contribution in [2.75, 3.05) is 7.11 Å². The Morgan fingerprint density at radius 3 is 2.45 bits per heavy atom. The van der Waals surface area contributed by atoms with E-state index >= 15 is 0 Å². The zero-order valence-electron chi connectivity index (χ0n) is 13.0. The van der Waals surface area contributed by atoms with Gasteiger partial charge in [-0.25, -0.2) is 0 Å². The third-order valence-corrected chi connectivity index (χ3v) is 6.08. The predicted molar refractivity (Wildman–Crippen MR) is 78.5 cm³/mol. The van der Waals surface area contributed by atoms with Gasteiger partial charge in [-0.05, 0) is 31.6 Å². The van der Waals surface area contributed by atoms with Gasteiger partial charge in [-0.2, -0.15) is 0 Å². The lowest BCUT2D eigenvalue weighted by Crippen LogP contribution is -2.53. The number of methoxy groups -OCH3 is 1. The van der Waals surface area contributed by atoms with Crippen molar-refractivity contribution < 1.29 is 14.6 Å². The van der Waals surface area contributed by atoms with Crippen molar-refractivity contribution in [1.29, 1.82) is 0 Å². The van der Waals surface area contributed by atoms with E-state index in [1.807, 2.05) is 0 Å². The molecule has 3 heteroatoms. The maximum Gasteiger partial charge on any atom is 0.0674 e. The van der Waals surface area contributed by atoms with E-state index in [1.165, 1.54) is 44.9 Å². The van der Waals surface area contributed by atoms with Gasteiger partial charge >= 0.3 is 0 Å². The molecule has 0 bridgehead atoms. The van der Waals surface area contributed by atoms with Crippen LogP contribution in [-0.2, 0) is 9.47 Å². The van der Waals surface area contributed by atoms with Crippen LogP contribution >= 0.6 is 0 Å². The van der Waals surface area contributed by atoms with Gasteiger partial charge in [0, 0.05) is 25.4 Å². The summed E-state index contributed by atoms with van der Waals surface area (Å²) in [5, 5.41) is 10.3. The zero-order valence-corrected chi connectivity index (χ0v) is 13.0. The Labute approximate surface area is 123 Å². The van der Waals surface area contributed by atoms with Crippen LogP contribution in [0.25, 0.3) is 0 Å². The molecule has 1 aliphatic heterocycles. The van der Waals surface area contributed by atoms with Crippen molar-refractivity contribution in [3.05, 3.63) is 0 Å². The second-order valence-corrected chi connectivity index (χ2v) is 7.21. The van der Waals surface area contributed by atoms with Gasteiger partial charge in [0.15, 0.2) is 0 Å². The molecular weight excluding hydrogens is 252 g/mol. The Balaban J connectivity index is 1.65. The molecule has 3 fully saturated rings. The number of rotatable bonds is 2. The van der Waals surface area contributed by atoms with E-state index in [-0.39, 0.29) is 24.2 Å². The van der Waals surface area contributed by atoms with Gasteiger partial charge in [0.1, 0.15) is 0 Å². The van der Waals surface area contributed by atoms with Gasteiger partial charge in [-0.15, -0.1) is 0 Å². The van der Waals surface area contributed by atoms with Crippen LogP contribution in [0.3, 0.4) is 0 Å². The van der Waals surface area contributed by atoms with Crippen LogP contribution in [0.1, 0.15) is 58.3 Å². The Bertz CT molecular complexity index is 313. The summed E-state index contributed by atoms with van der Waals surface area (Å²) in [5.74, 6) is 1.48. The Kier molecular flexibility index (Phi) is 4.68. The number of ether oxygens (including phenoxy) is 2. The largest absolute Gasteiger partial charge is 0.393 e. The molecule has 2 aliphatic carbocycles. The molecule has 0 aromatic carbocycles. The van der Waals surface area contributed by atoms with Crippen LogP contribution in [0, 0.1) is 17.8 Å². The number of hydrogen-bond donors (Lipinski definition) is 1. The highest BCUT2D eigenvalue weighted by atomic mass is 16.5. The standard InChI is InChI=1S/C17H30O3/c1-11-14(18)10-16-13(17(11)19-2)8-9-15(20-16)12-6-4-3-5-7-12/h11-18H,3-10H2,1-2H3. The van der Waals surface area contributed by atoms with Crippen LogP contribution in [0.2, 0.25) is 0 Å². The first-order chi connectivity index (χ1) is 9.70.